The van der Waals surface area contributed by atoms with Crippen LogP contribution in [0.15, 0.2) is 47.4 Å². The van der Waals surface area contributed by atoms with E-state index in [9.17, 15) is 13.2 Å². The quantitative estimate of drug-likeness (QED) is 0.776. The molecule has 0 spiro atoms. The van der Waals surface area contributed by atoms with Gasteiger partial charge in [-0.2, -0.15) is 4.31 Å². The second-order valence-corrected chi connectivity index (χ2v) is 9.08. The Morgan fingerprint density at radius 3 is 2.33 bits per heavy atom. The van der Waals surface area contributed by atoms with Crippen LogP contribution in [0.5, 0.6) is 11.5 Å². The Morgan fingerprint density at radius 2 is 1.63 bits per heavy atom. The van der Waals surface area contributed by atoms with Crippen LogP contribution in [-0.4, -0.2) is 58.1 Å². The molecule has 1 amide bonds. The number of hydrogen-bond acceptors (Lipinski definition) is 6. The highest BCUT2D eigenvalue weighted by Gasteiger charge is 2.26. The van der Waals surface area contributed by atoms with Crippen LogP contribution in [-0.2, 0) is 14.8 Å². The average Bonchev–Trinajstić information content (AvgIpc) is 2.79. The van der Waals surface area contributed by atoms with Crippen molar-refractivity contribution in [3.63, 3.8) is 0 Å². The molecule has 1 unspecified atom stereocenters. The Morgan fingerprint density at radius 1 is 0.967 bits per heavy atom. The normalized spacial score (nSPS) is 17.9. The van der Waals surface area contributed by atoms with Gasteiger partial charge in [0.25, 0.3) is 5.91 Å². The molecule has 0 saturated carbocycles. The number of carbonyl (C=O) groups excluding carboxylic acids is 1. The minimum absolute atomic E-state index is 0.167. The number of ether oxygens (including phenoxy) is 3. The summed E-state index contributed by atoms with van der Waals surface area (Å²) in [7, 11) is -3.58. The highest BCUT2D eigenvalue weighted by Crippen LogP contribution is 2.32. The van der Waals surface area contributed by atoms with Crippen LogP contribution >= 0.6 is 0 Å². The van der Waals surface area contributed by atoms with Crippen molar-refractivity contribution in [2.75, 3.05) is 39.5 Å². The molecule has 2 aliphatic heterocycles. The van der Waals surface area contributed by atoms with Gasteiger partial charge in [0, 0.05) is 18.7 Å². The summed E-state index contributed by atoms with van der Waals surface area (Å²) in [6.45, 7) is 4.33. The van der Waals surface area contributed by atoms with E-state index in [-0.39, 0.29) is 16.8 Å². The minimum atomic E-state index is -3.58. The highest BCUT2D eigenvalue weighted by molar-refractivity contribution is 7.89. The van der Waals surface area contributed by atoms with Crippen molar-refractivity contribution in [3.05, 3.63) is 53.6 Å². The number of hydrogen-bond donors (Lipinski definition) is 1. The third kappa shape index (κ3) is 4.28. The van der Waals surface area contributed by atoms with Gasteiger partial charge in [0.1, 0.15) is 13.2 Å². The fraction of sp³-hybridized carbons (Fsp3) is 0.381. The van der Waals surface area contributed by atoms with E-state index >= 15 is 0 Å². The van der Waals surface area contributed by atoms with E-state index in [0.29, 0.717) is 56.6 Å². The monoisotopic (exact) mass is 432 g/mol. The number of sulfonamides is 1. The molecule has 2 aliphatic rings. The Labute approximate surface area is 175 Å². The zero-order valence-electron chi connectivity index (χ0n) is 16.7. The van der Waals surface area contributed by atoms with Crippen LogP contribution in [0.25, 0.3) is 0 Å². The Kier molecular flexibility index (Phi) is 5.94. The SMILES string of the molecule is CC(NC(=O)c1ccc(S(=O)(=O)N2CCOCC2)cc1)c1ccc2c(c1)OCCO2. The third-order valence-electron chi connectivity index (χ3n) is 5.14. The first-order valence-corrected chi connectivity index (χ1v) is 11.3. The zero-order chi connectivity index (χ0) is 21.1. The van der Waals surface area contributed by atoms with Crippen LogP contribution in [0.1, 0.15) is 28.9 Å². The number of carbonyl (C=O) groups is 1. The van der Waals surface area contributed by atoms with Gasteiger partial charge in [-0.1, -0.05) is 6.07 Å². The van der Waals surface area contributed by atoms with E-state index in [1.807, 2.05) is 25.1 Å². The van der Waals surface area contributed by atoms with Crippen molar-refractivity contribution in [2.24, 2.45) is 0 Å². The topological polar surface area (TPSA) is 94.2 Å². The van der Waals surface area contributed by atoms with Crippen molar-refractivity contribution in [1.29, 1.82) is 0 Å². The van der Waals surface area contributed by atoms with Gasteiger partial charge in [-0.3, -0.25) is 4.79 Å². The number of benzene rings is 2. The molecule has 1 fully saturated rings. The fourth-order valence-electron chi connectivity index (χ4n) is 3.41. The maximum absolute atomic E-state index is 12.7. The number of morpholine rings is 1. The van der Waals surface area contributed by atoms with E-state index in [4.69, 9.17) is 14.2 Å². The van der Waals surface area contributed by atoms with Gasteiger partial charge in [0.15, 0.2) is 11.5 Å². The van der Waals surface area contributed by atoms with Crippen LogP contribution in [0, 0.1) is 0 Å². The molecule has 1 N–H and O–H groups in total. The molecule has 4 rings (SSSR count). The Bertz CT molecular complexity index is 1020. The van der Waals surface area contributed by atoms with Gasteiger partial charge < -0.3 is 19.5 Å². The van der Waals surface area contributed by atoms with E-state index in [0.717, 1.165) is 5.56 Å². The third-order valence-corrected chi connectivity index (χ3v) is 7.05. The molecule has 1 atom stereocenters. The molecular formula is C21H24N2O6S. The maximum Gasteiger partial charge on any atom is 0.251 e. The molecule has 0 radical (unpaired) electrons. The fourth-order valence-corrected chi connectivity index (χ4v) is 4.81. The first-order valence-electron chi connectivity index (χ1n) is 9.83. The van der Waals surface area contributed by atoms with Gasteiger partial charge >= 0.3 is 0 Å². The smallest absolute Gasteiger partial charge is 0.251 e. The molecule has 160 valence electrons. The molecule has 8 nitrogen and oxygen atoms in total. The lowest BCUT2D eigenvalue weighted by molar-refractivity contribution is 0.0730. The van der Waals surface area contributed by atoms with E-state index < -0.39 is 10.0 Å². The summed E-state index contributed by atoms with van der Waals surface area (Å²) in [4.78, 5) is 12.8. The van der Waals surface area contributed by atoms with Crippen LogP contribution in [0.4, 0.5) is 0 Å². The van der Waals surface area contributed by atoms with E-state index in [2.05, 4.69) is 5.32 Å². The first kappa shape index (κ1) is 20.6. The van der Waals surface area contributed by atoms with E-state index in [1.54, 1.807) is 0 Å². The Balaban J connectivity index is 1.43. The summed E-state index contributed by atoms with van der Waals surface area (Å²) in [5, 5.41) is 2.93. The van der Waals surface area contributed by atoms with Crippen molar-refractivity contribution in [2.45, 2.75) is 17.9 Å². The minimum Gasteiger partial charge on any atom is -0.486 e. The second-order valence-electron chi connectivity index (χ2n) is 7.14. The van der Waals surface area contributed by atoms with Crippen molar-refractivity contribution < 1.29 is 27.4 Å². The number of nitrogens with zero attached hydrogens (tertiary/aromatic N) is 1. The molecule has 0 bridgehead atoms. The van der Waals surface area contributed by atoms with Gasteiger partial charge in [0.05, 0.1) is 24.2 Å². The van der Waals surface area contributed by atoms with Crippen LogP contribution in [0.3, 0.4) is 0 Å². The summed E-state index contributed by atoms with van der Waals surface area (Å²) in [6, 6.07) is 11.3. The van der Waals surface area contributed by atoms with Crippen LogP contribution in [0.2, 0.25) is 0 Å². The predicted molar refractivity (Wildman–Crippen MR) is 109 cm³/mol. The van der Waals surface area contributed by atoms with Crippen LogP contribution < -0.4 is 14.8 Å². The summed E-state index contributed by atoms with van der Waals surface area (Å²) < 4.78 is 43.1. The summed E-state index contributed by atoms with van der Waals surface area (Å²) in [5.41, 5.74) is 1.28. The van der Waals surface area contributed by atoms with Gasteiger partial charge in [0.2, 0.25) is 10.0 Å². The molecule has 2 heterocycles. The number of amides is 1. The Hall–Kier alpha value is -2.62. The number of rotatable bonds is 5. The lowest BCUT2D eigenvalue weighted by Gasteiger charge is -2.26. The molecule has 2 aromatic carbocycles. The number of nitrogens with one attached hydrogen (secondary N) is 1. The maximum atomic E-state index is 12.7. The molecular weight excluding hydrogens is 408 g/mol. The van der Waals surface area contributed by atoms with Crippen molar-refractivity contribution in [1.82, 2.24) is 9.62 Å². The van der Waals surface area contributed by atoms with E-state index in [1.165, 1.54) is 28.6 Å². The lowest BCUT2D eigenvalue weighted by Crippen LogP contribution is -2.40. The number of fused-ring (bicyclic) bond motifs is 1. The second kappa shape index (κ2) is 8.63. The van der Waals surface area contributed by atoms with Crippen molar-refractivity contribution in [3.8, 4) is 11.5 Å². The molecule has 0 aliphatic carbocycles. The zero-order valence-corrected chi connectivity index (χ0v) is 17.5. The lowest BCUT2D eigenvalue weighted by atomic mass is 10.1. The molecule has 0 aromatic heterocycles. The van der Waals surface area contributed by atoms with Crippen molar-refractivity contribution >= 4 is 15.9 Å². The predicted octanol–water partition coefficient (Wildman–Crippen LogP) is 1.97. The molecule has 9 heteroatoms. The highest BCUT2D eigenvalue weighted by atomic mass is 32.2. The average molecular weight is 432 g/mol. The van der Waals surface area contributed by atoms with Gasteiger partial charge in [-0.25, -0.2) is 8.42 Å². The largest absolute Gasteiger partial charge is 0.486 e. The summed E-state index contributed by atoms with van der Waals surface area (Å²) >= 11 is 0. The first-order chi connectivity index (χ1) is 14.4. The standard InChI is InChI=1S/C21H24N2O6S/c1-15(17-4-7-19-20(14-17)29-13-12-28-19)22-21(24)16-2-5-18(6-3-16)30(25,26)23-8-10-27-11-9-23/h2-7,14-15H,8-13H2,1H3,(H,22,24). The molecule has 30 heavy (non-hydrogen) atoms. The summed E-state index contributed by atoms with van der Waals surface area (Å²) in [6.07, 6.45) is 0. The van der Waals surface area contributed by atoms with Gasteiger partial charge in [-0.05, 0) is 48.9 Å². The molecule has 2 aromatic rings. The summed E-state index contributed by atoms with van der Waals surface area (Å²) in [5.74, 6) is 1.07. The van der Waals surface area contributed by atoms with Gasteiger partial charge in [-0.15, -0.1) is 0 Å². The molecule has 1 saturated heterocycles.